The van der Waals surface area contributed by atoms with E-state index in [2.05, 4.69) is 9.71 Å². The largest absolute Gasteiger partial charge is 0.497 e. The zero-order valence-corrected chi connectivity index (χ0v) is 15.6. The first kappa shape index (κ1) is 19.5. The van der Waals surface area contributed by atoms with Gasteiger partial charge in [0.2, 0.25) is 0 Å². The van der Waals surface area contributed by atoms with Gasteiger partial charge in [0.1, 0.15) is 22.3 Å². The number of benzene rings is 3. The molecule has 3 aromatic carbocycles. The SMILES string of the molecule is COc1ccc(NC(=NS(=O)(=O)c2ccc(F)cc2F)c2ccccc2)cc1. The average Bonchev–Trinajstić information content (AvgIpc) is 2.68. The Morgan fingerprint density at radius 3 is 2.25 bits per heavy atom. The highest BCUT2D eigenvalue weighted by molar-refractivity contribution is 7.90. The Morgan fingerprint density at radius 1 is 0.964 bits per heavy atom. The minimum atomic E-state index is -4.43. The van der Waals surface area contributed by atoms with E-state index in [0.717, 1.165) is 12.1 Å². The van der Waals surface area contributed by atoms with Crippen LogP contribution in [-0.2, 0) is 10.0 Å². The molecular formula is C20H16F2N2O3S. The van der Waals surface area contributed by atoms with Gasteiger partial charge in [-0.25, -0.2) is 8.78 Å². The third kappa shape index (κ3) is 4.52. The topological polar surface area (TPSA) is 67.8 Å². The quantitative estimate of drug-likeness (QED) is 0.513. The minimum Gasteiger partial charge on any atom is -0.497 e. The molecule has 0 amide bonds. The van der Waals surface area contributed by atoms with Gasteiger partial charge in [0, 0.05) is 17.3 Å². The fraction of sp³-hybridized carbons (Fsp3) is 0.0500. The van der Waals surface area contributed by atoms with E-state index < -0.39 is 26.6 Å². The molecule has 5 nitrogen and oxygen atoms in total. The fourth-order valence-electron chi connectivity index (χ4n) is 2.41. The highest BCUT2D eigenvalue weighted by atomic mass is 32.2. The van der Waals surface area contributed by atoms with Crippen molar-refractivity contribution in [3.63, 3.8) is 0 Å². The van der Waals surface area contributed by atoms with Crippen molar-refractivity contribution in [2.75, 3.05) is 12.4 Å². The van der Waals surface area contributed by atoms with Crippen LogP contribution in [0.5, 0.6) is 5.75 Å². The maximum atomic E-state index is 14.0. The van der Waals surface area contributed by atoms with Crippen LogP contribution in [0.4, 0.5) is 14.5 Å². The van der Waals surface area contributed by atoms with E-state index in [4.69, 9.17) is 4.74 Å². The van der Waals surface area contributed by atoms with E-state index in [9.17, 15) is 17.2 Å². The predicted molar refractivity (Wildman–Crippen MR) is 103 cm³/mol. The van der Waals surface area contributed by atoms with Gasteiger partial charge in [-0.2, -0.15) is 8.42 Å². The Morgan fingerprint density at radius 2 is 1.64 bits per heavy atom. The van der Waals surface area contributed by atoms with Gasteiger partial charge in [0.05, 0.1) is 7.11 Å². The molecule has 0 atom stereocenters. The standard InChI is InChI=1S/C20H16F2N2O3S/c1-27-17-10-8-16(9-11-17)23-20(14-5-3-2-4-6-14)24-28(25,26)19-12-7-15(21)13-18(19)22/h2-13H,1H3,(H,23,24). The third-order valence-electron chi connectivity index (χ3n) is 3.78. The molecule has 0 aliphatic heterocycles. The lowest BCUT2D eigenvalue weighted by molar-refractivity contribution is 0.415. The second kappa shape index (κ2) is 8.18. The van der Waals surface area contributed by atoms with E-state index in [0.29, 0.717) is 23.1 Å². The molecule has 1 N–H and O–H groups in total. The zero-order valence-electron chi connectivity index (χ0n) is 14.8. The van der Waals surface area contributed by atoms with Gasteiger partial charge in [-0.3, -0.25) is 0 Å². The van der Waals surface area contributed by atoms with Crippen molar-refractivity contribution in [1.29, 1.82) is 0 Å². The molecule has 3 aromatic rings. The van der Waals surface area contributed by atoms with Crippen LogP contribution in [0, 0.1) is 11.6 Å². The third-order valence-corrected chi connectivity index (χ3v) is 5.09. The molecule has 0 aliphatic rings. The van der Waals surface area contributed by atoms with Crippen molar-refractivity contribution in [3.8, 4) is 5.75 Å². The Balaban J connectivity index is 2.05. The van der Waals surface area contributed by atoms with Gasteiger partial charge in [-0.1, -0.05) is 30.3 Å². The molecule has 144 valence electrons. The number of amidine groups is 1. The number of hydrogen-bond donors (Lipinski definition) is 1. The lowest BCUT2D eigenvalue weighted by Crippen LogP contribution is -2.16. The van der Waals surface area contributed by atoms with E-state index in [1.807, 2.05) is 0 Å². The van der Waals surface area contributed by atoms with Crippen molar-refractivity contribution in [3.05, 3.63) is 90.0 Å². The molecule has 0 spiro atoms. The number of methoxy groups -OCH3 is 1. The molecule has 3 rings (SSSR count). The van der Waals surface area contributed by atoms with E-state index in [-0.39, 0.29) is 5.84 Å². The Labute approximate surface area is 161 Å². The van der Waals surface area contributed by atoms with Gasteiger partial charge in [-0.15, -0.1) is 4.40 Å². The number of ether oxygens (including phenoxy) is 1. The number of anilines is 1. The van der Waals surface area contributed by atoms with Crippen molar-refractivity contribution >= 4 is 21.5 Å². The van der Waals surface area contributed by atoms with Gasteiger partial charge in [0.25, 0.3) is 10.0 Å². The molecule has 0 fully saturated rings. The highest BCUT2D eigenvalue weighted by Crippen LogP contribution is 2.21. The van der Waals surface area contributed by atoms with Crippen LogP contribution < -0.4 is 10.1 Å². The smallest absolute Gasteiger partial charge is 0.287 e. The molecule has 0 saturated carbocycles. The number of nitrogens with zero attached hydrogens (tertiary/aromatic N) is 1. The summed E-state index contributed by atoms with van der Waals surface area (Å²) in [6.07, 6.45) is 0. The van der Waals surface area contributed by atoms with E-state index in [1.54, 1.807) is 54.6 Å². The van der Waals surface area contributed by atoms with E-state index in [1.165, 1.54) is 7.11 Å². The summed E-state index contributed by atoms with van der Waals surface area (Å²) < 4.78 is 61.2. The van der Waals surface area contributed by atoms with Crippen LogP contribution in [0.2, 0.25) is 0 Å². The summed E-state index contributed by atoms with van der Waals surface area (Å²) >= 11 is 0. The molecule has 0 heterocycles. The highest BCUT2D eigenvalue weighted by Gasteiger charge is 2.20. The predicted octanol–water partition coefficient (Wildman–Crippen LogP) is 4.22. The molecule has 0 radical (unpaired) electrons. The molecular weight excluding hydrogens is 386 g/mol. The number of nitrogens with one attached hydrogen (secondary N) is 1. The lowest BCUT2D eigenvalue weighted by atomic mass is 10.2. The monoisotopic (exact) mass is 402 g/mol. The van der Waals surface area contributed by atoms with Crippen molar-refractivity contribution in [1.82, 2.24) is 0 Å². The van der Waals surface area contributed by atoms with Crippen molar-refractivity contribution in [2.24, 2.45) is 4.40 Å². The summed E-state index contributed by atoms with van der Waals surface area (Å²) in [5.41, 5.74) is 1.03. The molecule has 8 heteroatoms. The van der Waals surface area contributed by atoms with Gasteiger partial charge >= 0.3 is 0 Å². The first-order chi connectivity index (χ1) is 13.4. The first-order valence-electron chi connectivity index (χ1n) is 8.15. The summed E-state index contributed by atoms with van der Waals surface area (Å²) in [7, 11) is -2.90. The van der Waals surface area contributed by atoms with E-state index >= 15 is 0 Å². The fourth-order valence-corrected chi connectivity index (χ4v) is 3.44. The lowest BCUT2D eigenvalue weighted by Gasteiger charge is -2.11. The summed E-state index contributed by atoms with van der Waals surface area (Å²) in [6, 6.07) is 17.5. The van der Waals surface area contributed by atoms with Crippen molar-refractivity contribution in [2.45, 2.75) is 4.90 Å². The van der Waals surface area contributed by atoms with Crippen LogP contribution in [0.1, 0.15) is 5.56 Å². The van der Waals surface area contributed by atoms with Crippen molar-refractivity contribution < 1.29 is 21.9 Å². The van der Waals surface area contributed by atoms with Crippen LogP contribution in [-0.4, -0.2) is 21.4 Å². The van der Waals surface area contributed by atoms with Crippen LogP contribution in [0.3, 0.4) is 0 Å². The maximum absolute atomic E-state index is 14.0. The summed E-state index contributed by atoms with van der Waals surface area (Å²) in [5, 5.41) is 2.92. The molecule has 0 aromatic heterocycles. The first-order valence-corrected chi connectivity index (χ1v) is 9.59. The van der Waals surface area contributed by atoms with Gasteiger partial charge in [0.15, 0.2) is 5.84 Å². The number of halogens is 2. The summed E-state index contributed by atoms with van der Waals surface area (Å²) in [6.45, 7) is 0. The summed E-state index contributed by atoms with van der Waals surface area (Å²) in [4.78, 5) is -0.709. The molecule has 0 saturated heterocycles. The number of hydrogen-bond acceptors (Lipinski definition) is 3. The maximum Gasteiger partial charge on any atom is 0.287 e. The number of sulfonamides is 1. The molecule has 28 heavy (non-hydrogen) atoms. The second-order valence-corrected chi connectivity index (χ2v) is 7.28. The molecule has 0 unspecified atom stereocenters. The Hall–Kier alpha value is -3.26. The normalized spacial score (nSPS) is 11.9. The Kier molecular flexibility index (Phi) is 5.70. The minimum absolute atomic E-state index is 0.00510. The second-order valence-electron chi connectivity index (χ2n) is 5.71. The van der Waals surface area contributed by atoms with Crippen LogP contribution in [0.25, 0.3) is 0 Å². The number of rotatable bonds is 5. The Bertz CT molecular complexity index is 1100. The summed E-state index contributed by atoms with van der Waals surface area (Å²) in [5.74, 6) is -1.46. The molecule has 0 aliphatic carbocycles. The molecule has 0 bridgehead atoms. The average molecular weight is 402 g/mol. The van der Waals surface area contributed by atoms with Gasteiger partial charge < -0.3 is 10.1 Å². The van der Waals surface area contributed by atoms with Crippen LogP contribution >= 0.6 is 0 Å². The van der Waals surface area contributed by atoms with Gasteiger partial charge in [-0.05, 0) is 36.4 Å². The zero-order chi connectivity index (χ0) is 20.1. The van der Waals surface area contributed by atoms with Crippen LogP contribution in [0.15, 0.2) is 82.1 Å².